The number of ether oxygens (including phenoxy) is 1. The van der Waals surface area contributed by atoms with Crippen molar-refractivity contribution in [1.82, 2.24) is 20.1 Å². The number of hydrogen-bond acceptors (Lipinski definition) is 5. The predicted molar refractivity (Wildman–Crippen MR) is 96.6 cm³/mol. The molecule has 1 aliphatic rings. The highest BCUT2D eigenvalue weighted by molar-refractivity contribution is 5.97. The predicted octanol–water partition coefficient (Wildman–Crippen LogP) is 2.31. The third-order valence-corrected chi connectivity index (χ3v) is 5.03. The fraction of sp³-hybridized carbons (Fsp3) is 0.474. The second kappa shape index (κ2) is 6.90. The number of carbonyl (C=O) groups excluding carboxylic acids is 2. The van der Waals surface area contributed by atoms with E-state index >= 15 is 0 Å². The Morgan fingerprint density at radius 2 is 1.92 bits per heavy atom. The van der Waals surface area contributed by atoms with E-state index in [2.05, 4.69) is 15.4 Å². The monoisotopic (exact) mass is 356 g/mol. The number of methoxy groups -OCH3 is 1. The second-order valence-corrected chi connectivity index (χ2v) is 6.92. The normalized spacial score (nSPS) is 15.7. The quantitative estimate of drug-likeness (QED) is 0.850. The number of carbonyl (C=O) groups is 2. The van der Waals surface area contributed by atoms with Crippen LogP contribution in [0.2, 0.25) is 0 Å². The van der Waals surface area contributed by atoms with Crippen LogP contribution in [0.4, 0.5) is 0 Å². The van der Waals surface area contributed by atoms with Gasteiger partial charge in [-0.15, -0.1) is 0 Å². The lowest BCUT2D eigenvalue weighted by atomic mass is 9.97. The number of aryl methyl sites for hydroxylation is 3. The average Bonchev–Trinajstić information content (AvgIpc) is 3.21. The summed E-state index contributed by atoms with van der Waals surface area (Å²) in [5.74, 6) is -0.751. The summed E-state index contributed by atoms with van der Waals surface area (Å²) >= 11 is 0. The van der Waals surface area contributed by atoms with E-state index in [-0.39, 0.29) is 11.6 Å². The minimum absolute atomic E-state index is 0.282. The number of nitrogens with zero attached hydrogens (tertiary/aromatic N) is 3. The number of nitrogens with one attached hydrogen (secondary N) is 1. The molecule has 0 aliphatic heterocycles. The largest absolute Gasteiger partial charge is 0.467 e. The van der Waals surface area contributed by atoms with Crippen molar-refractivity contribution in [2.24, 2.45) is 7.05 Å². The molecule has 2 heterocycles. The Kier molecular flexibility index (Phi) is 4.80. The molecule has 0 atom stereocenters. The molecule has 26 heavy (non-hydrogen) atoms. The van der Waals surface area contributed by atoms with Gasteiger partial charge in [-0.3, -0.25) is 14.5 Å². The van der Waals surface area contributed by atoms with E-state index in [1.54, 1.807) is 16.9 Å². The highest BCUT2D eigenvalue weighted by Gasteiger charge is 2.43. The minimum atomic E-state index is -0.942. The van der Waals surface area contributed by atoms with Gasteiger partial charge in [0.05, 0.1) is 12.8 Å². The first-order valence-corrected chi connectivity index (χ1v) is 8.74. The average molecular weight is 356 g/mol. The van der Waals surface area contributed by atoms with Gasteiger partial charge in [-0.1, -0.05) is 12.8 Å². The van der Waals surface area contributed by atoms with Gasteiger partial charge in [0, 0.05) is 25.0 Å². The number of amides is 1. The molecule has 138 valence electrons. The molecule has 0 unspecified atom stereocenters. The molecular formula is C19H24N4O3. The molecular weight excluding hydrogens is 332 g/mol. The molecule has 1 aliphatic carbocycles. The zero-order valence-corrected chi connectivity index (χ0v) is 15.6. The molecule has 0 bridgehead atoms. The first-order chi connectivity index (χ1) is 12.4. The van der Waals surface area contributed by atoms with Crippen molar-refractivity contribution in [3.63, 3.8) is 0 Å². The summed E-state index contributed by atoms with van der Waals surface area (Å²) in [6, 6.07) is 1.76. The maximum Gasteiger partial charge on any atom is 0.331 e. The van der Waals surface area contributed by atoms with Crippen LogP contribution in [-0.2, 0) is 16.6 Å². The lowest BCUT2D eigenvalue weighted by Crippen LogP contribution is -2.53. The van der Waals surface area contributed by atoms with Gasteiger partial charge < -0.3 is 10.1 Å². The van der Waals surface area contributed by atoms with Gasteiger partial charge in [0.1, 0.15) is 11.2 Å². The van der Waals surface area contributed by atoms with E-state index in [0.717, 1.165) is 35.2 Å². The van der Waals surface area contributed by atoms with Gasteiger partial charge in [0.15, 0.2) is 0 Å². The molecule has 0 spiro atoms. The molecule has 2 aromatic rings. The van der Waals surface area contributed by atoms with E-state index in [1.165, 1.54) is 7.11 Å². The van der Waals surface area contributed by atoms with E-state index in [1.807, 2.05) is 27.1 Å². The van der Waals surface area contributed by atoms with Gasteiger partial charge in [-0.25, -0.2) is 4.79 Å². The van der Waals surface area contributed by atoms with Gasteiger partial charge in [-0.2, -0.15) is 5.10 Å². The third-order valence-electron chi connectivity index (χ3n) is 5.03. The molecule has 7 heteroatoms. The van der Waals surface area contributed by atoms with Crippen LogP contribution in [0.5, 0.6) is 0 Å². The highest BCUT2D eigenvalue weighted by atomic mass is 16.5. The Morgan fingerprint density at radius 1 is 1.23 bits per heavy atom. The number of rotatable bonds is 4. The first kappa shape index (κ1) is 18.1. The number of hydrogen-bond donors (Lipinski definition) is 1. The van der Waals surface area contributed by atoms with Crippen LogP contribution in [-0.4, -0.2) is 39.3 Å². The molecule has 7 nitrogen and oxygen atoms in total. The van der Waals surface area contributed by atoms with Gasteiger partial charge in [0.2, 0.25) is 0 Å². The van der Waals surface area contributed by atoms with Crippen LogP contribution in [0.25, 0.3) is 11.1 Å². The van der Waals surface area contributed by atoms with Crippen molar-refractivity contribution in [2.45, 2.75) is 45.1 Å². The van der Waals surface area contributed by atoms with E-state index in [9.17, 15) is 9.59 Å². The highest BCUT2D eigenvalue weighted by Crippen LogP contribution is 2.31. The maximum atomic E-state index is 12.8. The Morgan fingerprint density at radius 3 is 2.50 bits per heavy atom. The Bertz CT molecular complexity index is 850. The third kappa shape index (κ3) is 3.21. The molecule has 1 amide bonds. The molecule has 2 aromatic heterocycles. The molecule has 1 N–H and O–H groups in total. The van der Waals surface area contributed by atoms with Crippen LogP contribution >= 0.6 is 0 Å². The van der Waals surface area contributed by atoms with E-state index in [0.29, 0.717) is 12.8 Å². The standard InChI is InChI=1S/C19H24N4O3/c1-12-10-20-16(9-14(12)15-11-23(3)22-13(15)2)17(24)21-19(18(25)26-4)7-5-6-8-19/h9-11H,5-8H2,1-4H3,(H,21,24). The van der Waals surface area contributed by atoms with Gasteiger partial charge in [-0.05, 0) is 43.9 Å². The molecule has 0 saturated heterocycles. The van der Waals surface area contributed by atoms with Gasteiger partial charge >= 0.3 is 5.97 Å². The molecule has 1 saturated carbocycles. The smallest absolute Gasteiger partial charge is 0.331 e. The Balaban J connectivity index is 1.92. The van der Waals surface area contributed by atoms with E-state index in [4.69, 9.17) is 4.74 Å². The summed E-state index contributed by atoms with van der Waals surface area (Å²) in [4.78, 5) is 29.3. The van der Waals surface area contributed by atoms with E-state index < -0.39 is 11.5 Å². The van der Waals surface area contributed by atoms with Crippen molar-refractivity contribution in [2.75, 3.05) is 7.11 Å². The number of esters is 1. The number of pyridine rings is 1. The first-order valence-electron chi connectivity index (χ1n) is 8.74. The summed E-state index contributed by atoms with van der Waals surface area (Å²) in [5, 5.41) is 7.25. The zero-order chi connectivity index (χ0) is 18.9. The molecule has 1 fully saturated rings. The summed E-state index contributed by atoms with van der Waals surface area (Å²) in [7, 11) is 3.21. The van der Waals surface area contributed by atoms with Crippen LogP contribution in [0.15, 0.2) is 18.5 Å². The Hall–Kier alpha value is -2.70. The van der Waals surface area contributed by atoms with Crippen molar-refractivity contribution in [1.29, 1.82) is 0 Å². The van der Waals surface area contributed by atoms with Crippen LogP contribution < -0.4 is 5.32 Å². The summed E-state index contributed by atoms with van der Waals surface area (Å²) in [5.41, 5.74) is 3.06. The summed E-state index contributed by atoms with van der Waals surface area (Å²) < 4.78 is 6.66. The Labute approximate surface area is 152 Å². The second-order valence-electron chi connectivity index (χ2n) is 6.92. The lowest BCUT2D eigenvalue weighted by Gasteiger charge is -2.27. The van der Waals surface area contributed by atoms with Gasteiger partial charge in [0.25, 0.3) is 5.91 Å². The molecule has 0 radical (unpaired) electrons. The van der Waals surface area contributed by atoms with Crippen molar-refractivity contribution >= 4 is 11.9 Å². The van der Waals surface area contributed by atoms with Crippen LogP contribution in [0.1, 0.15) is 47.4 Å². The van der Waals surface area contributed by atoms with Crippen molar-refractivity contribution in [3.05, 3.63) is 35.4 Å². The van der Waals surface area contributed by atoms with Crippen molar-refractivity contribution < 1.29 is 14.3 Å². The van der Waals surface area contributed by atoms with Crippen LogP contribution in [0.3, 0.4) is 0 Å². The number of aromatic nitrogens is 3. The molecule has 0 aromatic carbocycles. The van der Waals surface area contributed by atoms with Crippen molar-refractivity contribution in [3.8, 4) is 11.1 Å². The summed E-state index contributed by atoms with van der Waals surface area (Å²) in [6.45, 7) is 3.88. The summed E-state index contributed by atoms with van der Waals surface area (Å²) in [6.07, 6.45) is 6.55. The lowest BCUT2D eigenvalue weighted by molar-refractivity contribution is -0.148. The molecule has 3 rings (SSSR count). The maximum absolute atomic E-state index is 12.8. The fourth-order valence-corrected chi connectivity index (χ4v) is 3.64. The zero-order valence-electron chi connectivity index (χ0n) is 15.6. The minimum Gasteiger partial charge on any atom is -0.467 e. The topological polar surface area (TPSA) is 86.1 Å². The van der Waals surface area contributed by atoms with Crippen LogP contribution in [0, 0.1) is 13.8 Å². The SMILES string of the molecule is COC(=O)C1(NC(=O)c2cc(-c3cn(C)nc3C)c(C)cn2)CCCC1. The fourth-order valence-electron chi connectivity index (χ4n) is 3.64.